The standard InChI is InChI=1S/C18H15BrNO/c1-13(18(21)15-8-10-16(19)11-9-15)20-12-4-6-14-5-2-3-7-17(14)20/h2-13H,1H3/q+1/t13-/m0/s1. The molecule has 3 aromatic rings. The number of para-hydroxylation sites is 1. The number of halogens is 1. The Balaban J connectivity index is 2.02. The van der Waals surface area contributed by atoms with Gasteiger partial charge in [0.05, 0.1) is 0 Å². The van der Waals surface area contributed by atoms with Gasteiger partial charge in [0.25, 0.3) is 0 Å². The van der Waals surface area contributed by atoms with E-state index in [1.807, 2.05) is 66.2 Å². The van der Waals surface area contributed by atoms with Gasteiger partial charge in [-0.15, -0.1) is 0 Å². The van der Waals surface area contributed by atoms with Crippen LogP contribution in [0.15, 0.2) is 71.3 Å². The third-order valence-electron chi connectivity index (χ3n) is 3.66. The van der Waals surface area contributed by atoms with Gasteiger partial charge in [-0.25, -0.2) is 0 Å². The summed E-state index contributed by atoms with van der Waals surface area (Å²) in [5.41, 5.74) is 1.80. The number of benzene rings is 2. The van der Waals surface area contributed by atoms with Crippen molar-refractivity contribution in [3.8, 4) is 0 Å². The Morgan fingerprint density at radius 1 is 1.00 bits per heavy atom. The van der Waals surface area contributed by atoms with Crippen LogP contribution in [0, 0.1) is 0 Å². The van der Waals surface area contributed by atoms with Gasteiger partial charge in [0.15, 0.2) is 6.20 Å². The molecule has 3 rings (SSSR count). The number of rotatable bonds is 3. The van der Waals surface area contributed by atoms with Crippen molar-refractivity contribution >= 4 is 32.6 Å². The maximum atomic E-state index is 12.7. The second-order valence-corrected chi connectivity index (χ2v) is 5.94. The van der Waals surface area contributed by atoms with E-state index >= 15 is 0 Å². The monoisotopic (exact) mass is 340 g/mol. The van der Waals surface area contributed by atoms with E-state index in [0.717, 1.165) is 20.9 Å². The molecule has 3 heteroatoms. The zero-order chi connectivity index (χ0) is 14.8. The van der Waals surface area contributed by atoms with Gasteiger partial charge in [-0.2, -0.15) is 4.57 Å². The van der Waals surface area contributed by atoms with Crippen LogP contribution in [0.4, 0.5) is 0 Å². The summed E-state index contributed by atoms with van der Waals surface area (Å²) in [7, 11) is 0. The zero-order valence-electron chi connectivity index (χ0n) is 11.7. The Morgan fingerprint density at radius 3 is 2.43 bits per heavy atom. The van der Waals surface area contributed by atoms with E-state index in [-0.39, 0.29) is 11.8 Å². The number of fused-ring (bicyclic) bond motifs is 1. The lowest BCUT2D eigenvalue weighted by atomic mass is 10.0. The summed E-state index contributed by atoms with van der Waals surface area (Å²) in [6.45, 7) is 1.94. The molecule has 2 aromatic carbocycles. The fraction of sp³-hybridized carbons (Fsp3) is 0.111. The molecular formula is C18H15BrNO+. The molecule has 0 unspecified atom stereocenters. The lowest BCUT2D eigenvalue weighted by Gasteiger charge is -2.09. The molecule has 0 saturated heterocycles. The Labute approximate surface area is 132 Å². The third-order valence-corrected chi connectivity index (χ3v) is 4.19. The van der Waals surface area contributed by atoms with Crippen molar-refractivity contribution in [1.82, 2.24) is 0 Å². The molecule has 0 aliphatic heterocycles. The third kappa shape index (κ3) is 2.74. The highest BCUT2D eigenvalue weighted by Gasteiger charge is 2.25. The molecule has 0 saturated carbocycles. The summed E-state index contributed by atoms with van der Waals surface area (Å²) in [4.78, 5) is 12.7. The lowest BCUT2D eigenvalue weighted by Crippen LogP contribution is -2.42. The van der Waals surface area contributed by atoms with Gasteiger partial charge < -0.3 is 0 Å². The van der Waals surface area contributed by atoms with Crippen LogP contribution in [0.25, 0.3) is 10.9 Å². The van der Waals surface area contributed by atoms with Crippen molar-refractivity contribution in [1.29, 1.82) is 0 Å². The Kier molecular flexibility index (Phi) is 3.84. The summed E-state index contributed by atoms with van der Waals surface area (Å²) in [6.07, 6.45) is 1.96. The van der Waals surface area contributed by atoms with Gasteiger partial charge in [-0.3, -0.25) is 4.79 Å². The van der Waals surface area contributed by atoms with Crippen LogP contribution in [-0.2, 0) is 0 Å². The van der Waals surface area contributed by atoms with Gasteiger partial charge in [0.2, 0.25) is 17.3 Å². The molecule has 0 radical (unpaired) electrons. The first kappa shape index (κ1) is 14.0. The molecule has 1 aromatic heterocycles. The predicted octanol–water partition coefficient (Wildman–Crippen LogP) is 4.33. The van der Waals surface area contributed by atoms with Crippen molar-refractivity contribution in [2.45, 2.75) is 13.0 Å². The largest absolute Gasteiger partial charge is 0.287 e. The first-order chi connectivity index (χ1) is 10.2. The van der Waals surface area contributed by atoms with E-state index in [2.05, 4.69) is 28.1 Å². The SMILES string of the molecule is C[C@@H](C(=O)c1ccc(Br)cc1)[n+]1cccc2ccccc21. The highest BCUT2D eigenvalue weighted by Crippen LogP contribution is 2.16. The number of Topliss-reactive ketones (excluding diaryl/α,β-unsaturated/α-hetero) is 1. The van der Waals surface area contributed by atoms with Crippen molar-refractivity contribution < 1.29 is 9.36 Å². The first-order valence-electron chi connectivity index (χ1n) is 6.85. The smallest absolute Gasteiger partial charge is 0.230 e. The van der Waals surface area contributed by atoms with Gasteiger partial charge in [-0.05, 0) is 24.3 Å². The molecule has 0 aliphatic carbocycles. The fourth-order valence-electron chi connectivity index (χ4n) is 2.50. The van der Waals surface area contributed by atoms with E-state index in [1.165, 1.54) is 0 Å². The van der Waals surface area contributed by atoms with Crippen molar-refractivity contribution in [2.75, 3.05) is 0 Å². The minimum atomic E-state index is -0.239. The average Bonchev–Trinajstić information content (AvgIpc) is 2.53. The molecule has 0 amide bonds. The molecule has 2 nitrogen and oxygen atoms in total. The zero-order valence-corrected chi connectivity index (χ0v) is 13.2. The Bertz CT molecular complexity index is 790. The van der Waals surface area contributed by atoms with E-state index < -0.39 is 0 Å². The van der Waals surface area contributed by atoms with Gasteiger partial charge >= 0.3 is 0 Å². The summed E-state index contributed by atoms with van der Waals surface area (Å²) in [5, 5.41) is 1.13. The second kappa shape index (κ2) is 5.78. The molecule has 104 valence electrons. The number of hydrogen-bond donors (Lipinski definition) is 0. The quantitative estimate of drug-likeness (QED) is 0.513. The van der Waals surface area contributed by atoms with Crippen LogP contribution in [-0.4, -0.2) is 5.78 Å². The highest BCUT2D eigenvalue weighted by atomic mass is 79.9. The van der Waals surface area contributed by atoms with E-state index in [0.29, 0.717) is 0 Å². The minimum absolute atomic E-state index is 0.115. The van der Waals surface area contributed by atoms with E-state index in [4.69, 9.17) is 0 Å². The summed E-state index contributed by atoms with van der Waals surface area (Å²) in [6, 6.07) is 19.4. The van der Waals surface area contributed by atoms with Crippen LogP contribution in [0.5, 0.6) is 0 Å². The molecule has 0 N–H and O–H groups in total. The maximum Gasteiger partial charge on any atom is 0.230 e. The van der Waals surface area contributed by atoms with Crippen molar-refractivity contribution in [3.63, 3.8) is 0 Å². The summed E-state index contributed by atoms with van der Waals surface area (Å²) >= 11 is 3.39. The van der Waals surface area contributed by atoms with Gasteiger partial charge in [0, 0.05) is 34.5 Å². The Morgan fingerprint density at radius 2 is 1.67 bits per heavy atom. The van der Waals surface area contributed by atoms with Crippen LogP contribution in [0.2, 0.25) is 0 Å². The first-order valence-corrected chi connectivity index (χ1v) is 7.65. The van der Waals surface area contributed by atoms with Crippen molar-refractivity contribution in [3.05, 3.63) is 76.9 Å². The van der Waals surface area contributed by atoms with E-state index in [1.54, 1.807) is 0 Å². The highest BCUT2D eigenvalue weighted by molar-refractivity contribution is 9.10. The number of carbonyl (C=O) groups excluding carboxylic acids is 1. The minimum Gasteiger partial charge on any atom is -0.287 e. The topological polar surface area (TPSA) is 20.9 Å². The second-order valence-electron chi connectivity index (χ2n) is 5.02. The van der Waals surface area contributed by atoms with Crippen molar-refractivity contribution in [2.24, 2.45) is 0 Å². The average molecular weight is 341 g/mol. The normalized spacial score (nSPS) is 12.3. The van der Waals surface area contributed by atoms with E-state index in [9.17, 15) is 4.79 Å². The van der Waals surface area contributed by atoms with Crippen LogP contribution in [0.1, 0.15) is 23.3 Å². The van der Waals surface area contributed by atoms with Crippen LogP contribution >= 0.6 is 15.9 Å². The maximum absolute atomic E-state index is 12.7. The van der Waals surface area contributed by atoms with Gasteiger partial charge in [-0.1, -0.05) is 40.2 Å². The number of ketones is 1. The molecule has 1 heterocycles. The molecule has 1 atom stereocenters. The molecule has 0 fully saturated rings. The summed E-state index contributed by atoms with van der Waals surface area (Å²) in [5.74, 6) is 0.115. The molecule has 0 aliphatic rings. The summed E-state index contributed by atoms with van der Waals surface area (Å²) < 4.78 is 3.00. The number of aromatic nitrogens is 1. The van der Waals surface area contributed by atoms with Crippen LogP contribution < -0.4 is 4.57 Å². The molecule has 0 bridgehead atoms. The lowest BCUT2D eigenvalue weighted by molar-refractivity contribution is -0.679. The number of carbonyl (C=O) groups is 1. The molecular weight excluding hydrogens is 326 g/mol. The fourth-order valence-corrected chi connectivity index (χ4v) is 2.77. The number of nitrogens with zero attached hydrogens (tertiary/aromatic N) is 1. The molecule has 0 spiro atoms. The predicted molar refractivity (Wildman–Crippen MR) is 87.3 cm³/mol. The van der Waals surface area contributed by atoms with Gasteiger partial charge in [0.1, 0.15) is 0 Å². The van der Waals surface area contributed by atoms with Crippen LogP contribution in [0.3, 0.4) is 0 Å². The Hall–Kier alpha value is -2.00. The molecule has 21 heavy (non-hydrogen) atoms. The number of hydrogen-bond acceptors (Lipinski definition) is 1. The number of pyridine rings is 1.